The largest absolute Gasteiger partial charge is 0.371 e. The molecule has 0 N–H and O–H groups in total. The molecule has 1 heterocycles. The van der Waals surface area contributed by atoms with Crippen molar-refractivity contribution < 1.29 is 0 Å². The summed E-state index contributed by atoms with van der Waals surface area (Å²) in [5.41, 5.74) is 3.18. The van der Waals surface area contributed by atoms with Gasteiger partial charge in [-0.2, -0.15) is 0 Å². The van der Waals surface area contributed by atoms with Crippen molar-refractivity contribution in [2.75, 3.05) is 18.0 Å². The fourth-order valence-corrected chi connectivity index (χ4v) is 3.67. The lowest BCUT2D eigenvalue weighted by Crippen LogP contribution is -2.30. The van der Waals surface area contributed by atoms with E-state index < -0.39 is 0 Å². The highest BCUT2D eigenvalue weighted by Crippen LogP contribution is 2.38. The van der Waals surface area contributed by atoms with E-state index in [9.17, 15) is 0 Å². The number of anilines is 1. The van der Waals surface area contributed by atoms with Gasteiger partial charge in [-0.3, -0.25) is 0 Å². The van der Waals surface area contributed by atoms with Crippen LogP contribution in [0.15, 0.2) is 24.3 Å². The third-order valence-corrected chi connectivity index (χ3v) is 4.68. The van der Waals surface area contributed by atoms with E-state index >= 15 is 0 Å². The molecular weight excluding hydrogens is 218 g/mol. The lowest BCUT2D eigenvalue weighted by Gasteiger charge is -2.33. The predicted octanol–water partition coefficient (Wildman–Crippen LogP) is 4.72. The highest BCUT2D eigenvalue weighted by atomic mass is 15.1. The molecule has 1 aromatic rings. The van der Waals surface area contributed by atoms with E-state index in [0.29, 0.717) is 0 Å². The fourth-order valence-electron chi connectivity index (χ4n) is 3.67. The zero-order valence-corrected chi connectivity index (χ0v) is 11.4. The molecule has 1 saturated heterocycles. The summed E-state index contributed by atoms with van der Waals surface area (Å²) in [5.74, 6) is 0.830. The Balaban J connectivity index is 1.83. The van der Waals surface area contributed by atoms with Gasteiger partial charge < -0.3 is 4.90 Å². The van der Waals surface area contributed by atoms with E-state index in [1.165, 1.54) is 64.5 Å². The first-order valence-electron chi connectivity index (χ1n) is 7.79. The molecule has 98 valence electrons. The van der Waals surface area contributed by atoms with Gasteiger partial charge in [-0.05, 0) is 49.7 Å². The average molecular weight is 243 g/mol. The number of rotatable bonds is 2. The molecule has 3 rings (SSSR count). The van der Waals surface area contributed by atoms with Gasteiger partial charge in [-0.25, -0.2) is 0 Å². The van der Waals surface area contributed by atoms with Crippen LogP contribution in [0.1, 0.15) is 62.8 Å². The second-order valence-electron chi connectivity index (χ2n) is 5.94. The van der Waals surface area contributed by atoms with Gasteiger partial charge in [0.2, 0.25) is 0 Å². The van der Waals surface area contributed by atoms with Gasteiger partial charge in [-0.1, -0.05) is 37.5 Å². The molecule has 0 bridgehead atoms. The number of piperidine rings is 1. The summed E-state index contributed by atoms with van der Waals surface area (Å²) in [7, 11) is 0. The minimum absolute atomic E-state index is 0.830. The van der Waals surface area contributed by atoms with Gasteiger partial charge in [0.1, 0.15) is 0 Å². The van der Waals surface area contributed by atoms with Crippen LogP contribution in [0.3, 0.4) is 0 Å². The molecule has 1 heteroatoms. The molecule has 2 aliphatic rings. The van der Waals surface area contributed by atoms with Crippen molar-refractivity contribution in [2.45, 2.75) is 57.3 Å². The second-order valence-corrected chi connectivity index (χ2v) is 5.94. The molecule has 0 amide bonds. The Labute approximate surface area is 111 Å². The minimum Gasteiger partial charge on any atom is -0.371 e. The van der Waals surface area contributed by atoms with Crippen molar-refractivity contribution in [1.29, 1.82) is 0 Å². The van der Waals surface area contributed by atoms with Crippen LogP contribution in [0, 0.1) is 0 Å². The number of hydrogen-bond donors (Lipinski definition) is 0. The van der Waals surface area contributed by atoms with Crippen molar-refractivity contribution >= 4 is 5.69 Å². The maximum absolute atomic E-state index is 2.63. The molecule has 1 nitrogen and oxygen atoms in total. The fraction of sp³-hybridized carbons (Fsp3) is 0.647. The van der Waals surface area contributed by atoms with Crippen LogP contribution in [-0.2, 0) is 0 Å². The van der Waals surface area contributed by atoms with Gasteiger partial charge >= 0.3 is 0 Å². The maximum atomic E-state index is 2.63. The molecule has 0 aromatic heterocycles. The molecular formula is C17H25N. The Kier molecular flexibility index (Phi) is 3.87. The number of benzene rings is 1. The van der Waals surface area contributed by atoms with E-state index in [4.69, 9.17) is 0 Å². The van der Waals surface area contributed by atoms with E-state index in [2.05, 4.69) is 29.2 Å². The Morgan fingerprint density at radius 3 is 2.22 bits per heavy atom. The zero-order chi connectivity index (χ0) is 12.2. The SMILES string of the molecule is c1ccc(N2CCCCC2)c(C2CCCCC2)c1. The van der Waals surface area contributed by atoms with Crippen molar-refractivity contribution in [3.8, 4) is 0 Å². The number of nitrogens with zero attached hydrogens (tertiary/aromatic N) is 1. The smallest absolute Gasteiger partial charge is 0.0401 e. The van der Waals surface area contributed by atoms with Crippen molar-refractivity contribution in [2.24, 2.45) is 0 Å². The first-order valence-corrected chi connectivity index (χ1v) is 7.79. The highest BCUT2D eigenvalue weighted by Gasteiger charge is 2.21. The molecule has 2 fully saturated rings. The van der Waals surface area contributed by atoms with Crippen LogP contribution in [0.4, 0.5) is 5.69 Å². The second kappa shape index (κ2) is 5.77. The first kappa shape index (κ1) is 12.1. The van der Waals surface area contributed by atoms with Gasteiger partial charge in [0.15, 0.2) is 0 Å². The Morgan fingerprint density at radius 1 is 0.778 bits per heavy atom. The zero-order valence-electron chi connectivity index (χ0n) is 11.4. The quantitative estimate of drug-likeness (QED) is 0.726. The van der Waals surface area contributed by atoms with Crippen LogP contribution < -0.4 is 4.90 Å². The summed E-state index contributed by atoms with van der Waals surface area (Å²) in [6, 6.07) is 9.20. The predicted molar refractivity (Wildman–Crippen MR) is 78.3 cm³/mol. The standard InChI is InChI=1S/C17H25N/c1-3-9-15(10-4-1)16-11-5-6-12-17(16)18-13-7-2-8-14-18/h5-6,11-12,15H,1-4,7-10,13-14H2. The van der Waals surface area contributed by atoms with Gasteiger partial charge in [0.25, 0.3) is 0 Å². The normalized spacial score (nSPS) is 22.1. The average Bonchev–Trinajstić information content (AvgIpc) is 2.49. The minimum atomic E-state index is 0.830. The summed E-state index contributed by atoms with van der Waals surface area (Å²) in [6.45, 7) is 2.54. The first-order chi connectivity index (χ1) is 8.95. The lowest BCUT2D eigenvalue weighted by atomic mass is 9.83. The van der Waals surface area contributed by atoms with Crippen LogP contribution in [0.5, 0.6) is 0 Å². The van der Waals surface area contributed by atoms with Crippen LogP contribution in [0.25, 0.3) is 0 Å². The number of hydrogen-bond acceptors (Lipinski definition) is 1. The molecule has 18 heavy (non-hydrogen) atoms. The van der Waals surface area contributed by atoms with E-state index in [1.54, 1.807) is 11.3 Å². The third-order valence-electron chi connectivity index (χ3n) is 4.68. The molecule has 0 radical (unpaired) electrons. The van der Waals surface area contributed by atoms with Crippen molar-refractivity contribution in [3.05, 3.63) is 29.8 Å². The highest BCUT2D eigenvalue weighted by molar-refractivity contribution is 5.55. The molecule has 0 spiro atoms. The lowest BCUT2D eigenvalue weighted by molar-refractivity contribution is 0.442. The van der Waals surface area contributed by atoms with Crippen LogP contribution in [0.2, 0.25) is 0 Å². The van der Waals surface area contributed by atoms with Crippen LogP contribution in [-0.4, -0.2) is 13.1 Å². The summed E-state index contributed by atoms with van der Waals surface area (Å²) in [5, 5.41) is 0. The monoisotopic (exact) mass is 243 g/mol. The molecule has 0 unspecified atom stereocenters. The molecule has 1 aromatic carbocycles. The molecule has 1 saturated carbocycles. The van der Waals surface area contributed by atoms with Gasteiger partial charge in [0.05, 0.1) is 0 Å². The Morgan fingerprint density at radius 2 is 1.44 bits per heavy atom. The maximum Gasteiger partial charge on any atom is 0.0401 e. The summed E-state index contributed by atoms with van der Waals surface area (Å²) in [4.78, 5) is 2.63. The topological polar surface area (TPSA) is 3.24 Å². The van der Waals surface area contributed by atoms with E-state index in [1.807, 2.05) is 0 Å². The molecule has 0 atom stereocenters. The summed E-state index contributed by atoms with van der Waals surface area (Å²) >= 11 is 0. The van der Waals surface area contributed by atoms with E-state index in [-0.39, 0.29) is 0 Å². The van der Waals surface area contributed by atoms with Crippen LogP contribution >= 0.6 is 0 Å². The van der Waals surface area contributed by atoms with Crippen molar-refractivity contribution in [1.82, 2.24) is 0 Å². The molecule has 1 aliphatic carbocycles. The summed E-state index contributed by atoms with van der Waals surface area (Å²) < 4.78 is 0. The van der Waals surface area contributed by atoms with Gasteiger partial charge in [-0.15, -0.1) is 0 Å². The van der Waals surface area contributed by atoms with Gasteiger partial charge in [0, 0.05) is 18.8 Å². The Hall–Kier alpha value is -0.980. The number of para-hydroxylation sites is 1. The Bertz CT molecular complexity index is 336. The third kappa shape index (κ3) is 2.55. The van der Waals surface area contributed by atoms with E-state index in [0.717, 1.165) is 5.92 Å². The van der Waals surface area contributed by atoms with Crippen molar-refractivity contribution in [3.63, 3.8) is 0 Å². The molecule has 1 aliphatic heterocycles. The summed E-state index contributed by atoms with van der Waals surface area (Å²) in [6.07, 6.45) is 11.3.